The first-order chi connectivity index (χ1) is 8.61. The van der Waals surface area contributed by atoms with E-state index in [1.807, 2.05) is 0 Å². The molecule has 0 fully saturated rings. The van der Waals surface area contributed by atoms with E-state index in [1.54, 1.807) is 12.1 Å². The van der Waals surface area contributed by atoms with Gasteiger partial charge in [0.1, 0.15) is 5.82 Å². The average Bonchev–Trinajstić information content (AvgIpc) is 2.42. The molecule has 0 bridgehead atoms. The van der Waals surface area contributed by atoms with Crippen LogP contribution >= 0.6 is 0 Å². The van der Waals surface area contributed by atoms with Gasteiger partial charge in [-0.1, -0.05) is 38.8 Å². The number of hydrogen-bond acceptors (Lipinski definition) is 2. The second-order valence-electron chi connectivity index (χ2n) is 4.99. The second-order valence-corrected chi connectivity index (χ2v) is 4.99. The highest BCUT2D eigenvalue weighted by atomic mass is 19.1. The summed E-state index contributed by atoms with van der Waals surface area (Å²) in [7, 11) is 0. The lowest BCUT2D eigenvalue weighted by Crippen LogP contribution is -2.37. The molecule has 0 aliphatic rings. The second kappa shape index (κ2) is 6.86. The quantitative estimate of drug-likeness (QED) is 0.785. The molecule has 2 N–H and O–H groups in total. The minimum absolute atomic E-state index is 0.119. The summed E-state index contributed by atoms with van der Waals surface area (Å²) in [5.41, 5.74) is 0.144. The van der Waals surface area contributed by atoms with Crippen molar-refractivity contribution in [3.63, 3.8) is 0 Å². The molecule has 102 valence electrons. The zero-order chi connectivity index (χ0) is 13.6. The van der Waals surface area contributed by atoms with Crippen molar-refractivity contribution in [1.82, 2.24) is 0 Å². The van der Waals surface area contributed by atoms with Crippen molar-refractivity contribution in [3.05, 3.63) is 35.6 Å². The lowest BCUT2D eigenvalue weighted by atomic mass is 9.73. The summed E-state index contributed by atoms with van der Waals surface area (Å²) in [5.74, 6) is 0.153. The molecule has 0 atom stereocenters. The molecule has 18 heavy (non-hydrogen) atoms. The maximum absolute atomic E-state index is 13.0. The average molecular weight is 254 g/mol. The zero-order valence-corrected chi connectivity index (χ0v) is 11.2. The van der Waals surface area contributed by atoms with Gasteiger partial charge in [0.15, 0.2) is 0 Å². The molecule has 1 rings (SSSR count). The largest absolute Gasteiger partial charge is 0.395 e. The van der Waals surface area contributed by atoms with Gasteiger partial charge in [-0.05, 0) is 30.0 Å². The van der Waals surface area contributed by atoms with E-state index >= 15 is 0 Å². The molecule has 3 heteroatoms. The first-order valence-corrected chi connectivity index (χ1v) is 6.59. The van der Waals surface area contributed by atoms with Gasteiger partial charge in [0, 0.05) is 5.41 Å². The summed E-state index contributed by atoms with van der Waals surface area (Å²) < 4.78 is 13.0. The van der Waals surface area contributed by atoms with Crippen LogP contribution in [0.2, 0.25) is 0 Å². The molecule has 1 aromatic carbocycles. The third kappa shape index (κ3) is 3.30. The van der Waals surface area contributed by atoms with Crippen LogP contribution in [0.4, 0.5) is 4.39 Å². The maximum Gasteiger partial charge on any atom is 0.123 e. The number of hydrogen-bond donors (Lipinski definition) is 2. The Morgan fingerprint density at radius 2 is 1.56 bits per heavy atom. The van der Waals surface area contributed by atoms with Crippen LogP contribution in [0.25, 0.3) is 0 Å². The van der Waals surface area contributed by atoms with Crippen molar-refractivity contribution in [3.8, 4) is 0 Å². The highest BCUT2D eigenvalue weighted by molar-refractivity contribution is 5.26. The molecule has 0 amide bonds. The lowest BCUT2D eigenvalue weighted by Gasteiger charge is -2.33. The Kier molecular flexibility index (Phi) is 5.76. The SMILES string of the molecule is CCC(CC)CC(CO)(CO)c1ccc(F)cc1. The zero-order valence-electron chi connectivity index (χ0n) is 11.2. The molecule has 0 spiro atoms. The first kappa shape index (κ1) is 15.1. The summed E-state index contributed by atoms with van der Waals surface area (Å²) in [5, 5.41) is 19.4. The van der Waals surface area contributed by atoms with Crippen LogP contribution in [0.15, 0.2) is 24.3 Å². The molecular weight excluding hydrogens is 231 g/mol. The molecule has 0 aliphatic carbocycles. The first-order valence-electron chi connectivity index (χ1n) is 6.59. The maximum atomic E-state index is 13.0. The molecule has 0 heterocycles. The summed E-state index contributed by atoms with van der Waals surface area (Å²) in [6.07, 6.45) is 2.75. The van der Waals surface area contributed by atoms with Gasteiger partial charge < -0.3 is 10.2 Å². The van der Waals surface area contributed by atoms with Crippen LogP contribution in [0.3, 0.4) is 0 Å². The topological polar surface area (TPSA) is 40.5 Å². The van der Waals surface area contributed by atoms with E-state index in [0.717, 1.165) is 24.8 Å². The van der Waals surface area contributed by atoms with Crippen molar-refractivity contribution in [1.29, 1.82) is 0 Å². The van der Waals surface area contributed by atoms with Crippen molar-refractivity contribution in [2.75, 3.05) is 13.2 Å². The Hall–Kier alpha value is -0.930. The minimum atomic E-state index is -0.662. The summed E-state index contributed by atoms with van der Waals surface area (Å²) in [6, 6.07) is 6.07. The highest BCUT2D eigenvalue weighted by Gasteiger charge is 2.33. The Bertz CT molecular complexity index is 340. The van der Waals surface area contributed by atoms with Gasteiger partial charge in [-0.3, -0.25) is 0 Å². The van der Waals surface area contributed by atoms with Gasteiger partial charge in [-0.25, -0.2) is 4.39 Å². The fraction of sp³-hybridized carbons (Fsp3) is 0.600. The lowest BCUT2D eigenvalue weighted by molar-refractivity contribution is 0.0933. The molecule has 0 radical (unpaired) electrons. The molecule has 0 aliphatic heterocycles. The Morgan fingerprint density at radius 3 is 1.94 bits per heavy atom. The van der Waals surface area contributed by atoms with E-state index in [1.165, 1.54) is 12.1 Å². The van der Waals surface area contributed by atoms with E-state index in [4.69, 9.17) is 0 Å². The number of benzene rings is 1. The molecule has 1 aromatic rings. The van der Waals surface area contributed by atoms with E-state index < -0.39 is 5.41 Å². The van der Waals surface area contributed by atoms with Crippen molar-refractivity contribution in [2.24, 2.45) is 5.92 Å². The van der Waals surface area contributed by atoms with Crippen molar-refractivity contribution >= 4 is 0 Å². The van der Waals surface area contributed by atoms with Crippen molar-refractivity contribution in [2.45, 2.75) is 38.5 Å². The molecule has 0 unspecified atom stereocenters. The number of aliphatic hydroxyl groups is 2. The predicted molar refractivity (Wildman–Crippen MR) is 70.9 cm³/mol. The Labute approximate surface area is 108 Å². The number of rotatable bonds is 7. The molecule has 2 nitrogen and oxygen atoms in total. The van der Waals surface area contributed by atoms with Gasteiger partial charge in [0.2, 0.25) is 0 Å². The van der Waals surface area contributed by atoms with Crippen LogP contribution in [-0.2, 0) is 5.41 Å². The van der Waals surface area contributed by atoms with Gasteiger partial charge in [-0.15, -0.1) is 0 Å². The van der Waals surface area contributed by atoms with Crippen LogP contribution in [0.1, 0.15) is 38.7 Å². The van der Waals surface area contributed by atoms with Crippen molar-refractivity contribution < 1.29 is 14.6 Å². The van der Waals surface area contributed by atoms with Gasteiger partial charge >= 0.3 is 0 Å². The monoisotopic (exact) mass is 254 g/mol. The Morgan fingerprint density at radius 1 is 1.06 bits per heavy atom. The van der Waals surface area contributed by atoms with E-state index in [2.05, 4.69) is 13.8 Å². The molecular formula is C15H23FO2. The predicted octanol–water partition coefficient (Wildman–Crippen LogP) is 2.87. The summed E-state index contributed by atoms with van der Waals surface area (Å²) in [6.45, 7) is 3.98. The highest BCUT2D eigenvalue weighted by Crippen LogP contribution is 2.33. The van der Waals surface area contributed by atoms with Crippen LogP contribution in [-0.4, -0.2) is 23.4 Å². The summed E-state index contributed by atoms with van der Waals surface area (Å²) >= 11 is 0. The third-order valence-corrected chi connectivity index (χ3v) is 3.90. The smallest absolute Gasteiger partial charge is 0.123 e. The molecule has 0 saturated heterocycles. The van der Waals surface area contributed by atoms with E-state index in [-0.39, 0.29) is 19.0 Å². The minimum Gasteiger partial charge on any atom is -0.395 e. The van der Waals surface area contributed by atoms with Gasteiger partial charge in [-0.2, -0.15) is 0 Å². The van der Waals surface area contributed by atoms with Crippen LogP contribution in [0.5, 0.6) is 0 Å². The van der Waals surface area contributed by atoms with E-state index in [0.29, 0.717) is 5.92 Å². The fourth-order valence-electron chi connectivity index (χ4n) is 2.41. The Balaban J connectivity index is 3.02. The van der Waals surface area contributed by atoms with Gasteiger partial charge in [0.25, 0.3) is 0 Å². The van der Waals surface area contributed by atoms with Crippen LogP contribution in [0, 0.1) is 11.7 Å². The fourth-order valence-corrected chi connectivity index (χ4v) is 2.41. The standard InChI is InChI=1S/C15H23FO2/c1-3-12(4-2)9-15(10-17,11-18)13-5-7-14(16)8-6-13/h5-8,12,17-18H,3-4,9-11H2,1-2H3. The summed E-state index contributed by atoms with van der Waals surface area (Å²) in [4.78, 5) is 0. The number of halogens is 1. The van der Waals surface area contributed by atoms with Crippen LogP contribution < -0.4 is 0 Å². The normalized spacial score (nSPS) is 12.1. The number of aliphatic hydroxyl groups excluding tert-OH is 2. The molecule has 0 saturated carbocycles. The third-order valence-electron chi connectivity index (χ3n) is 3.90. The molecule has 0 aromatic heterocycles. The van der Waals surface area contributed by atoms with E-state index in [9.17, 15) is 14.6 Å². The van der Waals surface area contributed by atoms with Gasteiger partial charge in [0.05, 0.1) is 13.2 Å².